The molecule has 0 saturated carbocycles. The number of fused-ring (bicyclic) bond motifs is 2. The molecule has 31 heavy (non-hydrogen) atoms. The van der Waals surface area contributed by atoms with E-state index in [9.17, 15) is 9.59 Å². The Hall–Kier alpha value is -4.18. The molecule has 0 aliphatic carbocycles. The number of rotatable bonds is 4. The molecule has 4 rings (SSSR count). The fourth-order valence-electron chi connectivity index (χ4n) is 2.81. The summed E-state index contributed by atoms with van der Waals surface area (Å²) in [7, 11) is 0. The molecule has 4 nitrogen and oxygen atoms in total. The molecule has 0 atom stereocenters. The van der Waals surface area contributed by atoms with Crippen LogP contribution in [0.4, 0.5) is 0 Å². The molecule has 4 aromatic rings. The van der Waals surface area contributed by atoms with Crippen molar-refractivity contribution in [2.45, 2.75) is 6.92 Å². The third kappa shape index (κ3) is 5.90. The van der Waals surface area contributed by atoms with Gasteiger partial charge < -0.3 is 9.47 Å². The normalized spacial score (nSPS) is 9.97. The summed E-state index contributed by atoms with van der Waals surface area (Å²) in [6, 6.07) is 26.9. The zero-order chi connectivity index (χ0) is 22.2. The van der Waals surface area contributed by atoms with Crippen molar-refractivity contribution >= 4 is 33.5 Å². The summed E-state index contributed by atoms with van der Waals surface area (Å²) < 4.78 is 10.2. The Morgan fingerprint density at radius 3 is 1.61 bits per heavy atom. The number of hydrogen-bond acceptors (Lipinski definition) is 4. The molecule has 0 heterocycles. The van der Waals surface area contributed by atoms with Gasteiger partial charge in [-0.3, -0.25) is 0 Å². The van der Waals surface area contributed by atoms with Gasteiger partial charge in [-0.1, -0.05) is 73.8 Å². The minimum Gasteiger partial charge on any atom is -0.423 e. The Balaban J connectivity index is 0.000000176. The van der Waals surface area contributed by atoms with E-state index in [1.54, 1.807) is 19.1 Å². The van der Waals surface area contributed by atoms with Crippen molar-refractivity contribution in [1.29, 1.82) is 0 Å². The molecule has 0 unspecified atom stereocenters. The summed E-state index contributed by atoms with van der Waals surface area (Å²) in [5.41, 5.74) is 0.396. The zero-order valence-electron chi connectivity index (χ0n) is 17.2. The first-order valence-corrected chi connectivity index (χ1v) is 9.66. The average molecular weight is 410 g/mol. The van der Waals surface area contributed by atoms with E-state index in [4.69, 9.17) is 9.47 Å². The lowest BCUT2D eigenvalue weighted by molar-refractivity contribution is -0.130. The van der Waals surface area contributed by atoms with Gasteiger partial charge in [-0.15, -0.1) is 0 Å². The smallest absolute Gasteiger partial charge is 0.338 e. The van der Waals surface area contributed by atoms with Crippen molar-refractivity contribution < 1.29 is 19.1 Å². The second kappa shape index (κ2) is 10.0. The van der Waals surface area contributed by atoms with Crippen molar-refractivity contribution in [3.05, 3.63) is 110 Å². The van der Waals surface area contributed by atoms with Crippen LogP contribution in [-0.4, -0.2) is 11.9 Å². The lowest BCUT2D eigenvalue weighted by atomic mass is 10.1. The van der Waals surface area contributed by atoms with E-state index in [-0.39, 0.29) is 0 Å². The summed E-state index contributed by atoms with van der Waals surface area (Å²) in [6.45, 7) is 8.51. The van der Waals surface area contributed by atoms with Gasteiger partial charge in [-0.25, -0.2) is 9.59 Å². The van der Waals surface area contributed by atoms with E-state index in [2.05, 4.69) is 13.2 Å². The summed E-state index contributed by atoms with van der Waals surface area (Å²) >= 11 is 0. The second-order valence-electron chi connectivity index (χ2n) is 6.81. The number of carbonyl (C=O) groups is 2. The maximum absolute atomic E-state index is 11.3. The molecule has 0 spiro atoms. The van der Waals surface area contributed by atoms with Crippen LogP contribution in [-0.2, 0) is 9.59 Å². The summed E-state index contributed by atoms with van der Waals surface area (Å²) in [4.78, 5) is 22.3. The Morgan fingerprint density at radius 1 is 0.710 bits per heavy atom. The molecule has 0 bridgehead atoms. The number of esters is 2. The Morgan fingerprint density at radius 2 is 1.16 bits per heavy atom. The van der Waals surface area contributed by atoms with E-state index in [1.807, 2.05) is 72.8 Å². The van der Waals surface area contributed by atoms with Gasteiger partial charge in [0, 0.05) is 11.6 Å². The number of hydrogen-bond donors (Lipinski definition) is 0. The predicted octanol–water partition coefficient (Wildman–Crippen LogP) is 6.25. The molecule has 0 amide bonds. The molecule has 0 aliphatic rings. The predicted molar refractivity (Wildman–Crippen MR) is 124 cm³/mol. The quantitative estimate of drug-likeness (QED) is 0.227. The second-order valence-corrected chi connectivity index (χ2v) is 6.81. The number of ether oxygens (including phenoxy) is 2. The highest BCUT2D eigenvalue weighted by Crippen LogP contribution is 2.21. The molecule has 0 saturated heterocycles. The maximum Gasteiger partial charge on any atom is 0.338 e. The minimum absolute atomic E-state index is 0.393. The van der Waals surface area contributed by atoms with Gasteiger partial charge in [-0.05, 0) is 52.7 Å². The van der Waals surface area contributed by atoms with Crippen LogP contribution in [0.2, 0.25) is 0 Å². The Labute approximate surface area is 181 Å². The van der Waals surface area contributed by atoms with E-state index in [1.165, 1.54) is 0 Å². The van der Waals surface area contributed by atoms with Crippen LogP contribution in [0, 0.1) is 0 Å². The largest absolute Gasteiger partial charge is 0.423 e. The molecule has 0 aromatic heterocycles. The monoisotopic (exact) mass is 410 g/mol. The molecule has 4 heteroatoms. The number of benzene rings is 4. The molecular formula is C27H22O4. The SMILES string of the molecule is C=C(C)C(=O)Oc1ccc2ccccc2c1.C=CC(=O)Oc1ccc2ccccc2c1. The number of carbonyl (C=O) groups excluding carboxylic acids is 2. The van der Waals surface area contributed by atoms with Crippen molar-refractivity contribution in [3.8, 4) is 11.5 Å². The van der Waals surface area contributed by atoms with Gasteiger partial charge in [0.1, 0.15) is 11.5 Å². The third-order valence-corrected chi connectivity index (χ3v) is 4.39. The molecular weight excluding hydrogens is 388 g/mol. The van der Waals surface area contributed by atoms with Crippen molar-refractivity contribution in [3.63, 3.8) is 0 Å². The molecule has 4 aromatic carbocycles. The van der Waals surface area contributed by atoms with E-state index >= 15 is 0 Å². The van der Waals surface area contributed by atoms with Gasteiger partial charge in [0.15, 0.2) is 0 Å². The van der Waals surface area contributed by atoms with Crippen LogP contribution in [0.3, 0.4) is 0 Å². The van der Waals surface area contributed by atoms with Crippen LogP contribution in [0.15, 0.2) is 110 Å². The van der Waals surface area contributed by atoms with Gasteiger partial charge in [0.2, 0.25) is 0 Å². The summed E-state index contributed by atoms with van der Waals surface area (Å²) in [5.74, 6) is 0.255. The van der Waals surface area contributed by atoms with E-state index in [0.717, 1.165) is 27.6 Å². The lowest BCUT2D eigenvalue weighted by Gasteiger charge is -2.04. The zero-order valence-corrected chi connectivity index (χ0v) is 17.2. The highest BCUT2D eigenvalue weighted by atomic mass is 16.5. The summed E-state index contributed by atoms with van der Waals surface area (Å²) in [5, 5.41) is 4.34. The molecule has 154 valence electrons. The molecule has 0 aliphatic heterocycles. The fourth-order valence-corrected chi connectivity index (χ4v) is 2.81. The van der Waals surface area contributed by atoms with Crippen LogP contribution in [0.5, 0.6) is 11.5 Å². The molecule has 0 N–H and O–H groups in total. The molecule has 0 fully saturated rings. The minimum atomic E-state index is -0.440. The van der Waals surface area contributed by atoms with Crippen molar-refractivity contribution in [2.24, 2.45) is 0 Å². The fraction of sp³-hybridized carbons (Fsp3) is 0.0370. The Kier molecular flexibility index (Phi) is 6.97. The highest BCUT2D eigenvalue weighted by Gasteiger charge is 2.05. The first-order chi connectivity index (χ1) is 15.0. The first kappa shape index (κ1) is 21.5. The van der Waals surface area contributed by atoms with Gasteiger partial charge in [0.05, 0.1) is 0 Å². The van der Waals surface area contributed by atoms with E-state index < -0.39 is 11.9 Å². The van der Waals surface area contributed by atoms with Crippen LogP contribution in [0.25, 0.3) is 21.5 Å². The van der Waals surface area contributed by atoms with Crippen molar-refractivity contribution in [1.82, 2.24) is 0 Å². The van der Waals surface area contributed by atoms with Crippen LogP contribution >= 0.6 is 0 Å². The lowest BCUT2D eigenvalue weighted by Crippen LogP contribution is -2.07. The Bertz CT molecular complexity index is 1270. The topological polar surface area (TPSA) is 52.6 Å². The first-order valence-electron chi connectivity index (χ1n) is 9.66. The summed E-state index contributed by atoms with van der Waals surface area (Å²) in [6.07, 6.45) is 1.15. The molecule has 0 radical (unpaired) electrons. The third-order valence-electron chi connectivity index (χ3n) is 4.39. The van der Waals surface area contributed by atoms with Gasteiger partial charge >= 0.3 is 11.9 Å². The highest BCUT2D eigenvalue weighted by molar-refractivity contribution is 5.90. The van der Waals surface area contributed by atoms with Crippen molar-refractivity contribution in [2.75, 3.05) is 0 Å². The maximum atomic E-state index is 11.3. The standard InChI is InChI=1S/C14H12O2.C13H10O2/c1-10(2)14(15)16-13-8-7-11-5-3-4-6-12(11)9-13;1-2-13(14)15-12-8-7-10-5-3-4-6-11(10)9-12/h3-9H,1H2,2H3;2-9H,1H2. The van der Waals surface area contributed by atoms with Gasteiger partial charge in [0.25, 0.3) is 0 Å². The van der Waals surface area contributed by atoms with Crippen LogP contribution < -0.4 is 9.47 Å². The average Bonchev–Trinajstić information content (AvgIpc) is 2.79. The van der Waals surface area contributed by atoms with Crippen LogP contribution in [0.1, 0.15) is 6.92 Å². The van der Waals surface area contributed by atoms with E-state index in [0.29, 0.717) is 17.1 Å². The van der Waals surface area contributed by atoms with Gasteiger partial charge in [-0.2, -0.15) is 0 Å².